The number of halogens is 1. The van der Waals surface area contributed by atoms with Gasteiger partial charge in [0, 0.05) is 29.1 Å². The minimum Gasteiger partial charge on any atom is -0.345 e. The summed E-state index contributed by atoms with van der Waals surface area (Å²) in [6, 6.07) is 9.40. The molecule has 0 saturated heterocycles. The van der Waals surface area contributed by atoms with E-state index in [0.717, 1.165) is 12.2 Å². The van der Waals surface area contributed by atoms with Gasteiger partial charge >= 0.3 is 0 Å². The van der Waals surface area contributed by atoms with Gasteiger partial charge in [-0.05, 0) is 49.4 Å². The van der Waals surface area contributed by atoms with Gasteiger partial charge in [0.05, 0.1) is 0 Å². The molecule has 1 unspecified atom stereocenters. The molecule has 4 nitrogen and oxygen atoms in total. The van der Waals surface area contributed by atoms with Crippen molar-refractivity contribution in [3.8, 4) is 0 Å². The molecular weight excluding hydrogens is 286 g/mol. The molecular formula is C16H20ClN3O. The predicted octanol–water partition coefficient (Wildman–Crippen LogP) is 3.45. The lowest BCUT2D eigenvalue weighted by atomic mass is 10.2. The summed E-state index contributed by atoms with van der Waals surface area (Å²) in [5, 5.41) is 6.85. The second-order valence-corrected chi connectivity index (χ2v) is 5.39. The summed E-state index contributed by atoms with van der Waals surface area (Å²) in [7, 11) is 0. The fraction of sp³-hybridized carbons (Fsp3) is 0.312. The highest BCUT2D eigenvalue weighted by atomic mass is 35.5. The monoisotopic (exact) mass is 305 g/mol. The number of hydrogen-bond acceptors (Lipinski definition) is 2. The summed E-state index contributed by atoms with van der Waals surface area (Å²) in [5.74, 6) is -0.0597. The summed E-state index contributed by atoms with van der Waals surface area (Å²) in [6.07, 6.45) is 3.92. The highest BCUT2D eigenvalue weighted by Gasteiger charge is 2.08. The Labute approximate surface area is 130 Å². The van der Waals surface area contributed by atoms with E-state index in [2.05, 4.69) is 24.5 Å². The molecule has 1 aromatic heterocycles. The van der Waals surface area contributed by atoms with E-state index in [4.69, 9.17) is 11.6 Å². The van der Waals surface area contributed by atoms with E-state index in [0.29, 0.717) is 11.6 Å². The van der Waals surface area contributed by atoms with E-state index < -0.39 is 0 Å². The SMILES string of the molecule is CCNC(C)c1ccn(CC(=O)Nc2ccc(Cl)cc2)c1. The normalized spacial score (nSPS) is 12.1. The fourth-order valence-corrected chi connectivity index (χ4v) is 2.26. The number of amides is 1. The number of carbonyl (C=O) groups excluding carboxylic acids is 1. The third-order valence-electron chi connectivity index (χ3n) is 3.24. The second-order valence-electron chi connectivity index (χ2n) is 4.95. The van der Waals surface area contributed by atoms with Gasteiger partial charge in [-0.15, -0.1) is 0 Å². The molecule has 2 rings (SSSR count). The molecule has 1 aromatic carbocycles. The number of benzene rings is 1. The first-order valence-corrected chi connectivity index (χ1v) is 7.40. The summed E-state index contributed by atoms with van der Waals surface area (Å²) < 4.78 is 1.88. The van der Waals surface area contributed by atoms with Crippen molar-refractivity contribution in [1.82, 2.24) is 9.88 Å². The van der Waals surface area contributed by atoms with Gasteiger partial charge in [0.25, 0.3) is 0 Å². The minimum absolute atomic E-state index is 0.0597. The third-order valence-corrected chi connectivity index (χ3v) is 3.49. The van der Waals surface area contributed by atoms with E-state index in [9.17, 15) is 4.79 Å². The predicted molar refractivity (Wildman–Crippen MR) is 86.6 cm³/mol. The van der Waals surface area contributed by atoms with Crippen molar-refractivity contribution in [1.29, 1.82) is 0 Å². The Morgan fingerprint density at radius 1 is 1.29 bits per heavy atom. The first-order valence-electron chi connectivity index (χ1n) is 7.03. The maximum absolute atomic E-state index is 12.0. The number of carbonyl (C=O) groups is 1. The summed E-state index contributed by atoms with van der Waals surface area (Å²) in [5.41, 5.74) is 1.92. The average Bonchev–Trinajstić information content (AvgIpc) is 2.90. The van der Waals surface area contributed by atoms with E-state index in [-0.39, 0.29) is 11.9 Å². The molecule has 2 N–H and O–H groups in total. The maximum Gasteiger partial charge on any atom is 0.244 e. The molecule has 1 heterocycles. The zero-order valence-corrected chi connectivity index (χ0v) is 13.0. The molecule has 2 aromatic rings. The molecule has 0 radical (unpaired) electrons. The Balaban J connectivity index is 1.92. The fourth-order valence-electron chi connectivity index (χ4n) is 2.14. The quantitative estimate of drug-likeness (QED) is 0.858. The van der Waals surface area contributed by atoms with Crippen molar-refractivity contribution in [2.45, 2.75) is 26.4 Å². The molecule has 0 bridgehead atoms. The van der Waals surface area contributed by atoms with Crippen LogP contribution in [-0.4, -0.2) is 17.0 Å². The lowest BCUT2D eigenvalue weighted by molar-refractivity contribution is -0.116. The van der Waals surface area contributed by atoms with Crippen LogP contribution in [0.3, 0.4) is 0 Å². The van der Waals surface area contributed by atoms with Gasteiger partial charge in [0.2, 0.25) is 5.91 Å². The van der Waals surface area contributed by atoms with Gasteiger partial charge in [-0.1, -0.05) is 18.5 Å². The summed E-state index contributed by atoms with van der Waals surface area (Å²) in [6.45, 7) is 5.40. The molecule has 21 heavy (non-hydrogen) atoms. The summed E-state index contributed by atoms with van der Waals surface area (Å²) in [4.78, 5) is 12.0. The lowest BCUT2D eigenvalue weighted by Crippen LogP contribution is -2.19. The first kappa shape index (κ1) is 15.6. The van der Waals surface area contributed by atoms with Crippen LogP contribution in [0.5, 0.6) is 0 Å². The molecule has 1 amide bonds. The number of rotatable bonds is 6. The van der Waals surface area contributed by atoms with Crippen molar-refractivity contribution in [2.75, 3.05) is 11.9 Å². The largest absolute Gasteiger partial charge is 0.345 e. The third kappa shape index (κ3) is 4.62. The zero-order valence-electron chi connectivity index (χ0n) is 12.3. The number of hydrogen-bond donors (Lipinski definition) is 2. The number of nitrogens with one attached hydrogen (secondary N) is 2. The number of nitrogens with zero attached hydrogens (tertiary/aromatic N) is 1. The van der Waals surface area contributed by atoms with Gasteiger partial charge in [0.15, 0.2) is 0 Å². The van der Waals surface area contributed by atoms with Crippen LogP contribution in [0.15, 0.2) is 42.7 Å². The van der Waals surface area contributed by atoms with Crippen LogP contribution in [0.2, 0.25) is 5.02 Å². The van der Waals surface area contributed by atoms with Gasteiger partial charge < -0.3 is 15.2 Å². The van der Waals surface area contributed by atoms with Crippen LogP contribution in [0.4, 0.5) is 5.69 Å². The first-order chi connectivity index (χ1) is 10.1. The van der Waals surface area contributed by atoms with Crippen LogP contribution in [-0.2, 0) is 11.3 Å². The Morgan fingerprint density at radius 3 is 2.67 bits per heavy atom. The van der Waals surface area contributed by atoms with Crippen LogP contribution in [0.25, 0.3) is 0 Å². The van der Waals surface area contributed by atoms with Crippen LogP contribution in [0.1, 0.15) is 25.5 Å². The van der Waals surface area contributed by atoms with Crippen molar-refractivity contribution in [3.05, 3.63) is 53.3 Å². The Bertz CT molecular complexity index is 592. The Morgan fingerprint density at radius 2 is 2.00 bits per heavy atom. The molecule has 0 spiro atoms. The van der Waals surface area contributed by atoms with Crippen molar-refractivity contribution in [3.63, 3.8) is 0 Å². The maximum atomic E-state index is 12.0. The smallest absolute Gasteiger partial charge is 0.244 e. The van der Waals surface area contributed by atoms with Crippen molar-refractivity contribution >= 4 is 23.2 Å². The topological polar surface area (TPSA) is 46.1 Å². The van der Waals surface area contributed by atoms with E-state index in [1.54, 1.807) is 24.3 Å². The molecule has 0 fully saturated rings. The van der Waals surface area contributed by atoms with E-state index >= 15 is 0 Å². The summed E-state index contributed by atoms with van der Waals surface area (Å²) >= 11 is 5.81. The zero-order chi connectivity index (χ0) is 15.2. The van der Waals surface area contributed by atoms with Crippen LogP contribution in [0, 0.1) is 0 Å². The molecule has 112 valence electrons. The van der Waals surface area contributed by atoms with Crippen molar-refractivity contribution in [2.24, 2.45) is 0 Å². The van der Waals surface area contributed by atoms with E-state index in [1.165, 1.54) is 5.56 Å². The van der Waals surface area contributed by atoms with Crippen molar-refractivity contribution < 1.29 is 4.79 Å². The second kappa shape index (κ2) is 7.29. The highest BCUT2D eigenvalue weighted by Crippen LogP contribution is 2.14. The highest BCUT2D eigenvalue weighted by molar-refractivity contribution is 6.30. The lowest BCUT2D eigenvalue weighted by Gasteiger charge is -2.10. The number of anilines is 1. The van der Waals surface area contributed by atoms with Gasteiger partial charge in [-0.3, -0.25) is 4.79 Å². The van der Waals surface area contributed by atoms with Gasteiger partial charge in [-0.25, -0.2) is 0 Å². The standard InChI is InChI=1S/C16H20ClN3O/c1-3-18-12(2)13-8-9-20(10-13)11-16(21)19-15-6-4-14(17)5-7-15/h4-10,12,18H,3,11H2,1-2H3,(H,19,21). The molecule has 0 aliphatic carbocycles. The molecule has 0 aliphatic rings. The molecule has 1 atom stereocenters. The molecule has 0 aliphatic heterocycles. The molecule has 5 heteroatoms. The Kier molecular flexibility index (Phi) is 5.42. The average molecular weight is 306 g/mol. The van der Waals surface area contributed by atoms with Crippen LogP contribution < -0.4 is 10.6 Å². The minimum atomic E-state index is -0.0597. The molecule has 0 saturated carbocycles. The van der Waals surface area contributed by atoms with Gasteiger partial charge in [-0.2, -0.15) is 0 Å². The van der Waals surface area contributed by atoms with Crippen LogP contribution >= 0.6 is 11.6 Å². The Hall–Kier alpha value is -1.78. The number of aromatic nitrogens is 1. The van der Waals surface area contributed by atoms with E-state index in [1.807, 2.05) is 23.0 Å². The van der Waals surface area contributed by atoms with Gasteiger partial charge in [0.1, 0.15) is 6.54 Å².